The van der Waals surface area contributed by atoms with Crippen molar-refractivity contribution in [3.05, 3.63) is 89.0 Å². The van der Waals surface area contributed by atoms with Gasteiger partial charge in [-0.15, -0.1) is 11.8 Å². The van der Waals surface area contributed by atoms with Crippen LogP contribution in [0.25, 0.3) is 0 Å². The molecule has 0 aliphatic carbocycles. The second-order valence-electron chi connectivity index (χ2n) is 8.27. The number of methoxy groups -OCH3 is 1. The van der Waals surface area contributed by atoms with Crippen LogP contribution in [0.15, 0.2) is 66.7 Å². The van der Waals surface area contributed by atoms with Crippen LogP contribution in [0, 0.1) is 13.8 Å². The number of para-hydroxylation sites is 1. The molecule has 32 heavy (non-hydrogen) atoms. The van der Waals surface area contributed by atoms with E-state index in [2.05, 4.69) is 6.07 Å². The number of nitrogens with zero attached hydrogens (tertiary/aromatic N) is 2. The molecule has 0 saturated carbocycles. The predicted molar refractivity (Wildman–Crippen MR) is 128 cm³/mol. The van der Waals surface area contributed by atoms with Crippen molar-refractivity contribution < 1.29 is 14.3 Å². The second kappa shape index (κ2) is 7.71. The standard InChI is InChI=1S/C26H24N2O3S/c1-17-11-18(2)13-20(12-17)28-24(29)16-32-26(28)22-9-4-5-10-23(22)27(25(26)30)15-19-7-6-8-21(14-19)31-3/h4-14H,15-16H2,1-3H3/t26-/m1/s1. The summed E-state index contributed by atoms with van der Waals surface area (Å²) in [5, 5.41) is 0. The molecule has 0 unspecified atom stereocenters. The van der Waals surface area contributed by atoms with Crippen molar-refractivity contribution in [3.63, 3.8) is 0 Å². The number of hydrogen-bond donors (Lipinski definition) is 0. The number of ether oxygens (including phenoxy) is 1. The molecule has 5 rings (SSSR count). The first-order valence-electron chi connectivity index (χ1n) is 10.5. The van der Waals surface area contributed by atoms with Gasteiger partial charge in [0.1, 0.15) is 5.75 Å². The highest BCUT2D eigenvalue weighted by molar-refractivity contribution is 8.02. The number of hydrogen-bond acceptors (Lipinski definition) is 4. The summed E-state index contributed by atoms with van der Waals surface area (Å²) >= 11 is 1.41. The number of carbonyl (C=O) groups is 2. The van der Waals surface area contributed by atoms with Crippen molar-refractivity contribution in [1.29, 1.82) is 0 Å². The van der Waals surface area contributed by atoms with Gasteiger partial charge in [-0.05, 0) is 60.9 Å². The van der Waals surface area contributed by atoms with Gasteiger partial charge in [-0.25, -0.2) is 0 Å². The number of rotatable bonds is 4. The van der Waals surface area contributed by atoms with Crippen LogP contribution in [0.5, 0.6) is 5.75 Å². The number of thioether (sulfide) groups is 1. The van der Waals surface area contributed by atoms with Crippen molar-refractivity contribution in [2.75, 3.05) is 22.7 Å². The van der Waals surface area contributed by atoms with E-state index in [0.29, 0.717) is 6.54 Å². The fourth-order valence-electron chi connectivity index (χ4n) is 4.75. The molecule has 0 bridgehead atoms. The summed E-state index contributed by atoms with van der Waals surface area (Å²) in [4.78, 5) is 29.7. The molecule has 2 heterocycles. The molecule has 2 aliphatic rings. The summed E-state index contributed by atoms with van der Waals surface area (Å²) in [7, 11) is 1.63. The molecule has 0 radical (unpaired) electrons. The van der Waals surface area contributed by atoms with E-state index in [1.807, 2.05) is 74.5 Å². The molecular formula is C26H24N2O3S. The monoisotopic (exact) mass is 444 g/mol. The molecule has 1 fully saturated rings. The van der Waals surface area contributed by atoms with Gasteiger partial charge >= 0.3 is 0 Å². The molecule has 3 aromatic carbocycles. The lowest BCUT2D eigenvalue weighted by Gasteiger charge is -2.33. The first-order chi connectivity index (χ1) is 15.4. The molecule has 1 atom stereocenters. The lowest BCUT2D eigenvalue weighted by Crippen LogP contribution is -2.49. The van der Waals surface area contributed by atoms with E-state index < -0.39 is 4.87 Å². The van der Waals surface area contributed by atoms with Gasteiger partial charge in [0.2, 0.25) is 10.8 Å². The summed E-state index contributed by atoms with van der Waals surface area (Å²) in [5.74, 6) is 0.877. The summed E-state index contributed by atoms with van der Waals surface area (Å²) in [6, 6.07) is 21.6. The zero-order chi connectivity index (χ0) is 22.5. The summed E-state index contributed by atoms with van der Waals surface area (Å²) < 4.78 is 5.36. The quantitative estimate of drug-likeness (QED) is 0.581. The zero-order valence-electron chi connectivity index (χ0n) is 18.3. The van der Waals surface area contributed by atoms with Crippen molar-refractivity contribution in [2.45, 2.75) is 25.3 Å². The van der Waals surface area contributed by atoms with E-state index in [1.54, 1.807) is 16.9 Å². The van der Waals surface area contributed by atoms with Crippen LogP contribution in [0.2, 0.25) is 0 Å². The molecule has 1 spiro atoms. The molecular weight excluding hydrogens is 420 g/mol. The summed E-state index contributed by atoms with van der Waals surface area (Å²) in [6.07, 6.45) is 0. The highest BCUT2D eigenvalue weighted by atomic mass is 32.2. The van der Waals surface area contributed by atoms with Crippen LogP contribution in [0.4, 0.5) is 11.4 Å². The molecule has 6 heteroatoms. The Morgan fingerprint density at radius 2 is 1.72 bits per heavy atom. The maximum absolute atomic E-state index is 14.1. The van der Waals surface area contributed by atoms with E-state index in [-0.39, 0.29) is 17.6 Å². The maximum Gasteiger partial charge on any atom is 0.269 e. The SMILES string of the molecule is COc1cccc(CN2C(=O)[C@]3(SCC(=O)N3c3cc(C)cc(C)c3)c3ccccc32)c1. The smallest absolute Gasteiger partial charge is 0.269 e. The Morgan fingerprint density at radius 3 is 2.47 bits per heavy atom. The average molecular weight is 445 g/mol. The predicted octanol–water partition coefficient (Wildman–Crippen LogP) is 4.79. The Kier molecular flexibility index (Phi) is 4.97. The van der Waals surface area contributed by atoms with Gasteiger partial charge in [0.25, 0.3) is 5.91 Å². The van der Waals surface area contributed by atoms with Gasteiger partial charge in [-0.1, -0.05) is 36.4 Å². The fourth-order valence-corrected chi connectivity index (χ4v) is 6.11. The Balaban J connectivity index is 1.64. The molecule has 1 saturated heterocycles. The van der Waals surface area contributed by atoms with Crippen LogP contribution in [-0.2, 0) is 21.0 Å². The van der Waals surface area contributed by atoms with Crippen molar-refractivity contribution in [1.82, 2.24) is 0 Å². The lowest BCUT2D eigenvalue weighted by atomic mass is 10.0. The molecule has 2 aliphatic heterocycles. The van der Waals surface area contributed by atoms with E-state index in [0.717, 1.165) is 39.4 Å². The molecule has 162 valence electrons. The zero-order valence-corrected chi connectivity index (χ0v) is 19.1. The molecule has 3 aromatic rings. The van der Waals surface area contributed by atoms with Gasteiger partial charge in [0.15, 0.2) is 0 Å². The average Bonchev–Trinajstić information content (AvgIpc) is 3.24. The largest absolute Gasteiger partial charge is 0.497 e. The minimum atomic E-state index is -1.09. The fraction of sp³-hybridized carbons (Fsp3) is 0.231. The number of fused-ring (bicyclic) bond motifs is 2. The van der Waals surface area contributed by atoms with Gasteiger partial charge in [-0.3, -0.25) is 14.5 Å². The first-order valence-corrected chi connectivity index (χ1v) is 11.5. The van der Waals surface area contributed by atoms with Crippen molar-refractivity contribution >= 4 is 35.0 Å². The number of aryl methyl sites for hydroxylation is 2. The first kappa shape index (κ1) is 20.6. The molecule has 2 amide bonds. The van der Waals surface area contributed by atoms with Crippen molar-refractivity contribution in [3.8, 4) is 5.75 Å². The maximum atomic E-state index is 14.1. The minimum absolute atomic E-state index is 0.0496. The van der Waals surface area contributed by atoms with Crippen LogP contribution < -0.4 is 14.5 Å². The molecule has 5 nitrogen and oxygen atoms in total. The van der Waals surface area contributed by atoms with Gasteiger partial charge in [0.05, 0.1) is 25.1 Å². The summed E-state index contributed by atoms with van der Waals surface area (Å²) in [6.45, 7) is 4.43. The van der Waals surface area contributed by atoms with Gasteiger partial charge in [-0.2, -0.15) is 0 Å². The topological polar surface area (TPSA) is 49.9 Å². The van der Waals surface area contributed by atoms with Crippen LogP contribution in [0.1, 0.15) is 22.3 Å². The van der Waals surface area contributed by atoms with Crippen molar-refractivity contribution in [2.24, 2.45) is 0 Å². The highest BCUT2D eigenvalue weighted by Crippen LogP contribution is 2.56. The Labute approximate surface area is 192 Å². The van der Waals surface area contributed by atoms with Crippen LogP contribution in [-0.4, -0.2) is 24.7 Å². The second-order valence-corrected chi connectivity index (χ2v) is 9.44. The summed E-state index contributed by atoms with van der Waals surface area (Å²) in [5.41, 5.74) is 5.57. The van der Waals surface area contributed by atoms with Crippen LogP contribution >= 0.6 is 11.8 Å². The van der Waals surface area contributed by atoms with Gasteiger partial charge < -0.3 is 9.64 Å². The third-order valence-corrected chi connectivity index (χ3v) is 7.39. The lowest BCUT2D eigenvalue weighted by molar-refractivity contribution is -0.123. The number of anilines is 2. The third kappa shape index (κ3) is 3.09. The van der Waals surface area contributed by atoms with Gasteiger partial charge in [0, 0.05) is 11.3 Å². The van der Waals surface area contributed by atoms with Crippen LogP contribution in [0.3, 0.4) is 0 Å². The van der Waals surface area contributed by atoms with E-state index in [1.165, 1.54) is 11.8 Å². The Morgan fingerprint density at radius 1 is 0.969 bits per heavy atom. The Bertz CT molecular complexity index is 1220. The molecule has 0 aromatic heterocycles. The number of amides is 2. The normalized spacial score (nSPS) is 19.7. The van der Waals surface area contributed by atoms with E-state index in [9.17, 15) is 9.59 Å². The molecule has 0 N–H and O–H groups in total. The number of carbonyl (C=O) groups excluding carboxylic acids is 2. The number of benzene rings is 3. The van der Waals surface area contributed by atoms with E-state index in [4.69, 9.17) is 4.74 Å². The minimum Gasteiger partial charge on any atom is -0.497 e. The Hall–Kier alpha value is -3.25. The van der Waals surface area contributed by atoms with E-state index >= 15 is 0 Å². The highest BCUT2D eigenvalue weighted by Gasteiger charge is 2.60. The third-order valence-electron chi connectivity index (χ3n) is 6.00.